The average molecular weight is 250 g/mol. The number of amides is 1. The molecule has 0 aliphatic heterocycles. The normalized spacial score (nSPS) is 12.0. The Bertz CT molecular complexity index is 372. The summed E-state index contributed by atoms with van der Waals surface area (Å²) in [6, 6.07) is 7.30. The van der Waals surface area contributed by atoms with Crippen molar-refractivity contribution in [2.24, 2.45) is 0 Å². The number of benzene rings is 1. The lowest BCUT2D eigenvalue weighted by Gasteiger charge is -2.17. The molecule has 1 amide bonds. The largest absolute Gasteiger partial charge is 0.394 e. The summed E-state index contributed by atoms with van der Waals surface area (Å²) in [5.41, 5.74) is 1.71. The molecule has 0 aliphatic rings. The van der Waals surface area contributed by atoms with Gasteiger partial charge in [0.25, 0.3) is 5.91 Å². The van der Waals surface area contributed by atoms with Gasteiger partial charge in [-0.05, 0) is 37.6 Å². The minimum atomic E-state index is -0.171. The van der Waals surface area contributed by atoms with Gasteiger partial charge in [0.1, 0.15) is 0 Å². The lowest BCUT2D eigenvalue weighted by molar-refractivity contribution is 0.0915. The van der Waals surface area contributed by atoms with Gasteiger partial charge in [0, 0.05) is 24.8 Å². The molecule has 2 N–H and O–H groups in total. The molecule has 18 heavy (non-hydrogen) atoms. The predicted octanol–water partition coefficient (Wildman–Crippen LogP) is 1.64. The lowest BCUT2D eigenvalue weighted by Crippen LogP contribution is -2.36. The molecule has 0 spiro atoms. The van der Waals surface area contributed by atoms with Crippen LogP contribution in [0.4, 0.5) is 5.69 Å². The molecule has 1 aromatic carbocycles. The van der Waals surface area contributed by atoms with E-state index in [-0.39, 0.29) is 18.6 Å². The number of hydrogen-bond acceptors (Lipinski definition) is 3. The van der Waals surface area contributed by atoms with Gasteiger partial charge in [-0.25, -0.2) is 0 Å². The summed E-state index contributed by atoms with van der Waals surface area (Å²) in [6.45, 7) is 4.90. The molecule has 0 saturated carbocycles. The second kappa shape index (κ2) is 7.01. The molecule has 1 aromatic rings. The van der Waals surface area contributed by atoms with E-state index in [1.54, 1.807) is 12.1 Å². The highest BCUT2D eigenvalue weighted by molar-refractivity contribution is 5.94. The van der Waals surface area contributed by atoms with Gasteiger partial charge in [-0.2, -0.15) is 0 Å². The quantitative estimate of drug-likeness (QED) is 0.807. The van der Waals surface area contributed by atoms with E-state index in [0.29, 0.717) is 5.56 Å². The van der Waals surface area contributed by atoms with E-state index in [0.717, 1.165) is 18.7 Å². The summed E-state index contributed by atoms with van der Waals surface area (Å²) < 4.78 is 0. The zero-order chi connectivity index (χ0) is 13.5. The van der Waals surface area contributed by atoms with Crippen LogP contribution < -0.4 is 10.2 Å². The maximum atomic E-state index is 11.9. The summed E-state index contributed by atoms with van der Waals surface area (Å²) in [7, 11) is 2.01. The van der Waals surface area contributed by atoms with Crippen LogP contribution >= 0.6 is 0 Å². The topological polar surface area (TPSA) is 52.6 Å². The molecule has 4 heteroatoms. The first-order valence-electron chi connectivity index (χ1n) is 6.35. The van der Waals surface area contributed by atoms with Crippen LogP contribution in [0.1, 0.15) is 30.6 Å². The molecular weight excluding hydrogens is 228 g/mol. The summed E-state index contributed by atoms with van der Waals surface area (Å²) >= 11 is 0. The maximum absolute atomic E-state index is 11.9. The van der Waals surface area contributed by atoms with Crippen molar-refractivity contribution < 1.29 is 9.90 Å². The van der Waals surface area contributed by atoms with E-state index >= 15 is 0 Å². The molecule has 100 valence electrons. The van der Waals surface area contributed by atoms with Crippen molar-refractivity contribution in [1.82, 2.24) is 5.32 Å². The van der Waals surface area contributed by atoms with Gasteiger partial charge >= 0.3 is 0 Å². The Morgan fingerprint density at radius 2 is 1.94 bits per heavy atom. The van der Waals surface area contributed by atoms with Crippen LogP contribution in [0.15, 0.2) is 24.3 Å². The van der Waals surface area contributed by atoms with Crippen molar-refractivity contribution in [2.45, 2.75) is 26.3 Å². The van der Waals surface area contributed by atoms with E-state index in [1.807, 2.05) is 26.1 Å². The highest BCUT2D eigenvalue weighted by Crippen LogP contribution is 2.13. The number of aliphatic hydroxyl groups is 1. The van der Waals surface area contributed by atoms with Crippen molar-refractivity contribution in [2.75, 3.05) is 25.1 Å². The molecule has 0 saturated heterocycles. The number of nitrogens with one attached hydrogen (secondary N) is 1. The molecule has 1 atom stereocenters. The zero-order valence-electron chi connectivity index (χ0n) is 11.3. The highest BCUT2D eigenvalue weighted by Gasteiger charge is 2.11. The van der Waals surface area contributed by atoms with Crippen LogP contribution in [0, 0.1) is 0 Å². The Hall–Kier alpha value is -1.55. The van der Waals surface area contributed by atoms with E-state index in [2.05, 4.69) is 17.1 Å². The van der Waals surface area contributed by atoms with Crippen molar-refractivity contribution in [3.63, 3.8) is 0 Å². The molecule has 4 nitrogen and oxygen atoms in total. The van der Waals surface area contributed by atoms with Crippen LogP contribution in [0.5, 0.6) is 0 Å². The fraction of sp³-hybridized carbons (Fsp3) is 0.500. The highest BCUT2D eigenvalue weighted by atomic mass is 16.3. The first-order valence-corrected chi connectivity index (χ1v) is 6.35. The van der Waals surface area contributed by atoms with E-state index in [1.165, 1.54) is 0 Å². The Morgan fingerprint density at radius 3 is 2.39 bits per heavy atom. The number of rotatable bonds is 6. The first kappa shape index (κ1) is 14.5. The van der Waals surface area contributed by atoms with Crippen LogP contribution in [0.25, 0.3) is 0 Å². The summed E-state index contributed by atoms with van der Waals surface area (Å²) in [4.78, 5) is 14.0. The van der Waals surface area contributed by atoms with E-state index < -0.39 is 0 Å². The Labute approximate surface area is 109 Å². The minimum Gasteiger partial charge on any atom is -0.394 e. The standard InChI is InChI=1S/C14H22N2O2/c1-4-12(10-17)15-14(18)11-6-8-13(9-7-11)16(3)5-2/h6-9,12,17H,4-5,10H2,1-3H3,(H,15,18). The third-order valence-electron chi connectivity index (χ3n) is 3.09. The maximum Gasteiger partial charge on any atom is 0.251 e. The predicted molar refractivity (Wildman–Crippen MR) is 74.0 cm³/mol. The third-order valence-corrected chi connectivity index (χ3v) is 3.09. The Kier molecular flexibility index (Phi) is 5.65. The van der Waals surface area contributed by atoms with Crippen molar-refractivity contribution >= 4 is 11.6 Å². The van der Waals surface area contributed by atoms with Gasteiger partial charge in [-0.15, -0.1) is 0 Å². The Balaban J connectivity index is 2.70. The first-order chi connectivity index (χ1) is 8.62. The van der Waals surface area contributed by atoms with Crippen LogP contribution in [0.2, 0.25) is 0 Å². The molecule has 0 aromatic heterocycles. The zero-order valence-corrected chi connectivity index (χ0v) is 11.3. The molecule has 1 rings (SSSR count). The van der Waals surface area contributed by atoms with Crippen molar-refractivity contribution in [1.29, 1.82) is 0 Å². The van der Waals surface area contributed by atoms with Gasteiger partial charge in [0.2, 0.25) is 0 Å². The SMILES string of the molecule is CCC(CO)NC(=O)c1ccc(N(C)CC)cc1. The number of carbonyl (C=O) groups excluding carboxylic acids is 1. The number of carbonyl (C=O) groups is 1. The van der Waals surface area contributed by atoms with Gasteiger partial charge < -0.3 is 15.3 Å². The fourth-order valence-electron chi connectivity index (χ4n) is 1.60. The number of nitrogens with zero attached hydrogens (tertiary/aromatic N) is 1. The number of hydrogen-bond donors (Lipinski definition) is 2. The number of anilines is 1. The van der Waals surface area contributed by atoms with E-state index in [9.17, 15) is 4.79 Å². The summed E-state index contributed by atoms with van der Waals surface area (Å²) in [5, 5.41) is 11.8. The monoisotopic (exact) mass is 250 g/mol. The minimum absolute atomic E-state index is 0.0289. The van der Waals surface area contributed by atoms with Gasteiger partial charge in [0.05, 0.1) is 12.6 Å². The van der Waals surface area contributed by atoms with Gasteiger partial charge in [-0.3, -0.25) is 4.79 Å². The number of aliphatic hydroxyl groups excluding tert-OH is 1. The van der Waals surface area contributed by atoms with Crippen LogP contribution in [-0.2, 0) is 0 Å². The van der Waals surface area contributed by atoms with Crippen LogP contribution in [0.3, 0.4) is 0 Å². The van der Waals surface area contributed by atoms with E-state index in [4.69, 9.17) is 5.11 Å². The molecule has 0 fully saturated rings. The molecule has 0 aliphatic carbocycles. The molecule has 0 heterocycles. The van der Waals surface area contributed by atoms with Gasteiger partial charge in [-0.1, -0.05) is 6.92 Å². The summed E-state index contributed by atoms with van der Waals surface area (Å²) in [6.07, 6.45) is 0.721. The second-order valence-corrected chi connectivity index (χ2v) is 4.32. The summed E-state index contributed by atoms with van der Waals surface area (Å²) in [5.74, 6) is -0.137. The van der Waals surface area contributed by atoms with Crippen molar-refractivity contribution in [3.05, 3.63) is 29.8 Å². The second-order valence-electron chi connectivity index (χ2n) is 4.32. The molecule has 0 bridgehead atoms. The lowest BCUT2D eigenvalue weighted by atomic mass is 10.1. The van der Waals surface area contributed by atoms with Gasteiger partial charge in [0.15, 0.2) is 0 Å². The third kappa shape index (κ3) is 3.74. The smallest absolute Gasteiger partial charge is 0.251 e. The van der Waals surface area contributed by atoms with Crippen LogP contribution in [-0.4, -0.2) is 37.3 Å². The molecule has 0 radical (unpaired) electrons. The average Bonchev–Trinajstić information content (AvgIpc) is 2.43. The molecular formula is C14H22N2O2. The van der Waals surface area contributed by atoms with Crippen molar-refractivity contribution in [3.8, 4) is 0 Å². The fourth-order valence-corrected chi connectivity index (χ4v) is 1.60. The molecule has 1 unspecified atom stereocenters. The Morgan fingerprint density at radius 1 is 1.33 bits per heavy atom.